The predicted octanol–water partition coefficient (Wildman–Crippen LogP) is 2.10. The molecule has 1 heterocycles. The van der Waals surface area contributed by atoms with Crippen molar-refractivity contribution < 1.29 is 18.4 Å². The van der Waals surface area contributed by atoms with Gasteiger partial charge in [-0.15, -0.1) is 0 Å². The minimum atomic E-state index is -3.72. The first kappa shape index (κ1) is 17.3. The number of benzene rings is 2. The van der Waals surface area contributed by atoms with Gasteiger partial charge in [-0.25, -0.2) is 13.9 Å². The minimum Gasteiger partial charge on any atom is -0.288 e. The summed E-state index contributed by atoms with van der Waals surface area (Å²) in [5.41, 5.74) is 4.60. The van der Waals surface area contributed by atoms with Crippen LogP contribution < -0.4 is 5.48 Å². The fourth-order valence-corrected chi connectivity index (χ4v) is 4.28. The summed E-state index contributed by atoms with van der Waals surface area (Å²) in [5.74, 6) is -0.687. The molecule has 6 nitrogen and oxygen atoms in total. The summed E-state index contributed by atoms with van der Waals surface area (Å²) < 4.78 is 26.8. The van der Waals surface area contributed by atoms with Crippen LogP contribution in [-0.2, 0) is 14.8 Å². The average molecular weight is 358 g/mol. The molecule has 1 aliphatic rings. The zero-order chi connectivity index (χ0) is 18.0. The van der Waals surface area contributed by atoms with Crippen LogP contribution in [0.3, 0.4) is 0 Å². The molecule has 0 aliphatic carbocycles. The van der Waals surface area contributed by atoms with Crippen LogP contribution in [0.15, 0.2) is 65.1 Å². The molecule has 0 atom stereocenters. The number of hydrogen-bond acceptors (Lipinski definition) is 4. The van der Waals surface area contributed by atoms with Crippen LogP contribution in [0, 0.1) is 6.92 Å². The Morgan fingerprint density at radius 3 is 2.52 bits per heavy atom. The van der Waals surface area contributed by atoms with E-state index in [2.05, 4.69) is 0 Å². The number of sulfonamides is 1. The Bertz CT molecular complexity index is 937. The molecule has 0 saturated carbocycles. The molecule has 0 unspecified atom stereocenters. The van der Waals surface area contributed by atoms with E-state index in [1.54, 1.807) is 18.2 Å². The van der Waals surface area contributed by atoms with Gasteiger partial charge in [0.1, 0.15) is 0 Å². The highest BCUT2D eigenvalue weighted by molar-refractivity contribution is 7.89. The molecule has 0 bridgehead atoms. The van der Waals surface area contributed by atoms with Gasteiger partial charge in [0.2, 0.25) is 10.0 Å². The summed E-state index contributed by atoms with van der Waals surface area (Å²) in [5, 5.41) is 8.67. The monoisotopic (exact) mass is 358 g/mol. The van der Waals surface area contributed by atoms with E-state index >= 15 is 0 Å². The summed E-state index contributed by atoms with van der Waals surface area (Å²) in [7, 11) is -3.72. The van der Waals surface area contributed by atoms with E-state index in [1.165, 1.54) is 15.9 Å². The van der Waals surface area contributed by atoms with Crippen LogP contribution in [-0.4, -0.2) is 36.9 Å². The average Bonchev–Trinajstić information content (AvgIpc) is 3.12. The van der Waals surface area contributed by atoms with Crippen molar-refractivity contribution in [3.05, 3.63) is 65.7 Å². The van der Waals surface area contributed by atoms with Crippen molar-refractivity contribution in [2.75, 3.05) is 13.1 Å². The van der Waals surface area contributed by atoms with Crippen molar-refractivity contribution in [3.8, 4) is 11.1 Å². The van der Waals surface area contributed by atoms with Crippen molar-refractivity contribution in [1.29, 1.82) is 0 Å². The fourth-order valence-electron chi connectivity index (χ4n) is 2.84. The second-order valence-corrected chi connectivity index (χ2v) is 7.75. The fraction of sp³-hybridized carbons (Fsp3) is 0.167. The van der Waals surface area contributed by atoms with Crippen molar-refractivity contribution in [2.45, 2.75) is 11.8 Å². The largest absolute Gasteiger partial charge is 0.288 e. The third-order valence-electron chi connectivity index (χ3n) is 4.20. The summed E-state index contributed by atoms with van der Waals surface area (Å²) in [6, 6.07) is 14.8. The molecule has 2 aromatic carbocycles. The Hall–Kier alpha value is -2.48. The quantitative estimate of drug-likeness (QED) is 0.647. The van der Waals surface area contributed by atoms with Crippen LogP contribution in [0.2, 0.25) is 0 Å². The van der Waals surface area contributed by atoms with Gasteiger partial charge in [-0.1, -0.05) is 42.5 Å². The lowest BCUT2D eigenvalue weighted by atomic mass is 10.0. The van der Waals surface area contributed by atoms with Gasteiger partial charge >= 0.3 is 0 Å². The molecule has 0 fully saturated rings. The number of aryl methyl sites for hydroxylation is 1. The van der Waals surface area contributed by atoms with Crippen LogP contribution >= 0.6 is 0 Å². The van der Waals surface area contributed by atoms with Gasteiger partial charge in [0.15, 0.2) is 0 Å². The lowest BCUT2D eigenvalue weighted by molar-refractivity contribution is -0.125. The molecule has 25 heavy (non-hydrogen) atoms. The highest BCUT2D eigenvalue weighted by Crippen LogP contribution is 2.28. The van der Waals surface area contributed by atoms with E-state index < -0.39 is 15.9 Å². The second kappa shape index (κ2) is 6.79. The minimum absolute atomic E-state index is 0.0613. The number of amides is 1. The first-order valence-electron chi connectivity index (χ1n) is 7.73. The summed E-state index contributed by atoms with van der Waals surface area (Å²) >= 11 is 0. The van der Waals surface area contributed by atoms with Gasteiger partial charge in [0.25, 0.3) is 5.91 Å². The lowest BCUT2D eigenvalue weighted by Crippen LogP contribution is -2.31. The van der Waals surface area contributed by atoms with Crippen LogP contribution in [0.1, 0.15) is 5.56 Å². The van der Waals surface area contributed by atoms with E-state index in [0.29, 0.717) is 0 Å². The van der Waals surface area contributed by atoms with Gasteiger partial charge < -0.3 is 0 Å². The zero-order valence-electron chi connectivity index (χ0n) is 13.6. The van der Waals surface area contributed by atoms with Crippen molar-refractivity contribution in [2.24, 2.45) is 0 Å². The zero-order valence-corrected chi connectivity index (χ0v) is 14.5. The number of nitrogens with one attached hydrogen (secondary N) is 1. The molecule has 2 N–H and O–H groups in total. The number of hydroxylamine groups is 1. The second-order valence-electron chi connectivity index (χ2n) is 5.81. The van der Waals surface area contributed by atoms with Gasteiger partial charge in [0, 0.05) is 18.7 Å². The molecule has 0 aromatic heterocycles. The first-order chi connectivity index (χ1) is 11.9. The number of rotatable bonds is 4. The Labute approximate surface area is 146 Å². The summed E-state index contributed by atoms with van der Waals surface area (Å²) in [6.45, 7) is 1.91. The standard InChI is InChI=1S/C18H18N2O4S/c1-13-11-16(7-8-17(13)14-5-3-2-4-6-14)25(23,24)20-10-9-15(12-20)18(21)19-22/h2-9,11,22H,10,12H2,1H3,(H,19,21). The maximum Gasteiger partial charge on any atom is 0.271 e. The van der Waals surface area contributed by atoms with Crippen molar-refractivity contribution in [3.63, 3.8) is 0 Å². The molecular formula is C18H18N2O4S. The Morgan fingerprint density at radius 1 is 1.16 bits per heavy atom. The van der Waals surface area contributed by atoms with E-state index in [-0.39, 0.29) is 23.6 Å². The molecule has 1 aliphatic heterocycles. The highest BCUT2D eigenvalue weighted by atomic mass is 32.2. The third kappa shape index (κ3) is 3.34. The SMILES string of the molecule is Cc1cc(S(=O)(=O)N2CC=C(C(=O)NO)C2)ccc1-c1ccccc1. The predicted molar refractivity (Wildman–Crippen MR) is 93.4 cm³/mol. The maximum absolute atomic E-state index is 12.8. The molecular weight excluding hydrogens is 340 g/mol. The molecule has 7 heteroatoms. The lowest BCUT2D eigenvalue weighted by Gasteiger charge is -2.17. The Morgan fingerprint density at radius 2 is 1.88 bits per heavy atom. The summed E-state index contributed by atoms with van der Waals surface area (Å²) in [6.07, 6.45) is 1.49. The molecule has 0 spiro atoms. The normalized spacial score (nSPS) is 15.0. The van der Waals surface area contributed by atoms with Gasteiger partial charge in [0.05, 0.1) is 4.90 Å². The molecule has 0 radical (unpaired) electrons. The van der Waals surface area contributed by atoms with Gasteiger partial charge in [-0.2, -0.15) is 4.31 Å². The maximum atomic E-state index is 12.8. The van der Waals surface area contributed by atoms with Crippen molar-refractivity contribution in [1.82, 2.24) is 9.79 Å². The topological polar surface area (TPSA) is 86.7 Å². The van der Waals surface area contributed by atoms with Crippen LogP contribution in [0.4, 0.5) is 0 Å². The molecule has 2 aromatic rings. The number of hydrogen-bond donors (Lipinski definition) is 2. The third-order valence-corrected chi connectivity index (χ3v) is 6.01. The van der Waals surface area contributed by atoms with Gasteiger partial charge in [-0.05, 0) is 35.7 Å². The molecule has 3 rings (SSSR count). The Balaban J connectivity index is 1.87. The number of nitrogens with zero attached hydrogens (tertiary/aromatic N) is 1. The van der Waals surface area contributed by atoms with E-state index in [0.717, 1.165) is 16.7 Å². The van der Waals surface area contributed by atoms with Crippen LogP contribution in [0.25, 0.3) is 11.1 Å². The van der Waals surface area contributed by atoms with E-state index in [9.17, 15) is 13.2 Å². The summed E-state index contributed by atoms with van der Waals surface area (Å²) in [4.78, 5) is 11.6. The van der Waals surface area contributed by atoms with Crippen LogP contribution in [0.5, 0.6) is 0 Å². The number of carbonyl (C=O) groups excluding carboxylic acids is 1. The molecule has 0 saturated heterocycles. The van der Waals surface area contributed by atoms with Gasteiger partial charge in [-0.3, -0.25) is 10.0 Å². The molecule has 130 valence electrons. The van der Waals surface area contributed by atoms with E-state index in [4.69, 9.17) is 5.21 Å². The Kier molecular flexibility index (Phi) is 4.71. The molecule has 1 amide bonds. The number of carbonyl (C=O) groups is 1. The van der Waals surface area contributed by atoms with E-state index in [1.807, 2.05) is 37.3 Å². The smallest absolute Gasteiger partial charge is 0.271 e. The highest BCUT2D eigenvalue weighted by Gasteiger charge is 2.30. The van der Waals surface area contributed by atoms with Crippen molar-refractivity contribution >= 4 is 15.9 Å². The first-order valence-corrected chi connectivity index (χ1v) is 9.17.